The molecule has 0 spiro atoms. The Kier molecular flexibility index (Phi) is 5.02. The highest BCUT2D eigenvalue weighted by atomic mass is 16.5. The Hall–Kier alpha value is -1.06. The van der Waals surface area contributed by atoms with Gasteiger partial charge in [-0.05, 0) is 50.0 Å². The third kappa shape index (κ3) is 3.47. The SMILES string of the molecule is CCc1ccc(OC)c(CNCC2CCNC2)c1. The summed E-state index contributed by atoms with van der Waals surface area (Å²) in [6.45, 7) is 6.49. The lowest BCUT2D eigenvalue weighted by Crippen LogP contribution is -2.24. The van der Waals surface area contributed by atoms with Gasteiger partial charge in [0.2, 0.25) is 0 Å². The van der Waals surface area contributed by atoms with Gasteiger partial charge in [-0.3, -0.25) is 0 Å². The summed E-state index contributed by atoms with van der Waals surface area (Å²) in [4.78, 5) is 0. The van der Waals surface area contributed by atoms with Gasteiger partial charge in [-0.2, -0.15) is 0 Å². The monoisotopic (exact) mass is 248 g/mol. The minimum atomic E-state index is 0.783. The largest absolute Gasteiger partial charge is 0.496 e. The minimum absolute atomic E-state index is 0.783. The van der Waals surface area contributed by atoms with Crippen molar-refractivity contribution in [3.8, 4) is 5.75 Å². The molecule has 0 amide bonds. The lowest BCUT2D eigenvalue weighted by Gasteiger charge is -2.13. The van der Waals surface area contributed by atoms with Crippen molar-refractivity contribution in [1.29, 1.82) is 0 Å². The molecule has 0 aliphatic carbocycles. The van der Waals surface area contributed by atoms with E-state index in [9.17, 15) is 0 Å². The first-order valence-electron chi connectivity index (χ1n) is 6.90. The second-order valence-electron chi connectivity index (χ2n) is 4.99. The number of hydrogen-bond acceptors (Lipinski definition) is 3. The molecule has 100 valence electrons. The van der Waals surface area contributed by atoms with Gasteiger partial charge in [0.05, 0.1) is 7.11 Å². The van der Waals surface area contributed by atoms with Crippen molar-refractivity contribution in [2.24, 2.45) is 5.92 Å². The molecule has 1 aliphatic rings. The zero-order chi connectivity index (χ0) is 12.8. The van der Waals surface area contributed by atoms with Crippen LogP contribution in [-0.2, 0) is 13.0 Å². The van der Waals surface area contributed by atoms with Crippen LogP contribution in [0.5, 0.6) is 5.75 Å². The first kappa shape index (κ1) is 13.4. The van der Waals surface area contributed by atoms with Crippen molar-refractivity contribution in [2.45, 2.75) is 26.3 Å². The molecule has 0 bridgehead atoms. The standard InChI is InChI=1S/C15H24N2O/c1-3-12-4-5-15(18-2)14(8-12)11-17-10-13-6-7-16-9-13/h4-5,8,13,16-17H,3,6-7,9-11H2,1-2H3. The Morgan fingerprint density at radius 1 is 1.44 bits per heavy atom. The lowest BCUT2D eigenvalue weighted by atomic mass is 10.1. The van der Waals surface area contributed by atoms with Crippen molar-refractivity contribution in [3.05, 3.63) is 29.3 Å². The third-order valence-corrected chi connectivity index (χ3v) is 3.66. The molecule has 1 atom stereocenters. The van der Waals surface area contributed by atoms with Crippen LogP contribution in [-0.4, -0.2) is 26.7 Å². The van der Waals surface area contributed by atoms with Gasteiger partial charge in [0.25, 0.3) is 0 Å². The maximum absolute atomic E-state index is 5.42. The van der Waals surface area contributed by atoms with Gasteiger partial charge in [-0.1, -0.05) is 19.1 Å². The summed E-state index contributed by atoms with van der Waals surface area (Å²) < 4.78 is 5.42. The second kappa shape index (κ2) is 6.76. The van der Waals surface area contributed by atoms with Gasteiger partial charge in [0.1, 0.15) is 5.75 Å². The Labute approximate surface area is 110 Å². The molecule has 1 unspecified atom stereocenters. The molecular weight excluding hydrogens is 224 g/mol. The summed E-state index contributed by atoms with van der Waals surface area (Å²) in [5.41, 5.74) is 2.64. The summed E-state index contributed by atoms with van der Waals surface area (Å²) in [6.07, 6.45) is 2.36. The maximum Gasteiger partial charge on any atom is 0.123 e. The molecule has 18 heavy (non-hydrogen) atoms. The van der Waals surface area contributed by atoms with Crippen LogP contribution >= 0.6 is 0 Å². The van der Waals surface area contributed by atoms with E-state index in [0.29, 0.717) is 0 Å². The van der Waals surface area contributed by atoms with Crippen LogP contribution < -0.4 is 15.4 Å². The van der Waals surface area contributed by atoms with Crippen LogP contribution in [0.15, 0.2) is 18.2 Å². The number of aryl methyl sites for hydroxylation is 1. The highest BCUT2D eigenvalue weighted by Crippen LogP contribution is 2.20. The predicted molar refractivity (Wildman–Crippen MR) is 75.1 cm³/mol. The molecule has 0 radical (unpaired) electrons. The number of rotatable bonds is 6. The maximum atomic E-state index is 5.42. The molecule has 1 aliphatic heterocycles. The second-order valence-corrected chi connectivity index (χ2v) is 4.99. The van der Waals surface area contributed by atoms with Gasteiger partial charge in [0, 0.05) is 12.1 Å². The van der Waals surface area contributed by atoms with Gasteiger partial charge in [-0.15, -0.1) is 0 Å². The summed E-state index contributed by atoms with van der Waals surface area (Å²) in [6, 6.07) is 6.47. The van der Waals surface area contributed by atoms with Gasteiger partial charge < -0.3 is 15.4 Å². The molecule has 1 fully saturated rings. The normalized spacial score (nSPS) is 19.1. The summed E-state index contributed by atoms with van der Waals surface area (Å²) in [7, 11) is 1.74. The van der Waals surface area contributed by atoms with Crippen molar-refractivity contribution in [3.63, 3.8) is 0 Å². The number of hydrogen-bond donors (Lipinski definition) is 2. The van der Waals surface area contributed by atoms with E-state index in [4.69, 9.17) is 4.74 Å². The first-order chi connectivity index (χ1) is 8.83. The highest BCUT2D eigenvalue weighted by molar-refractivity contribution is 5.37. The Morgan fingerprint density at radius 2 is 2.33 bits per heavy atom. The number of methoxy groups -OCH3 is 1. The van der Waals surface area contributed by atoms with E-state index in [1.165, 1.54) is 24.1 Å². The van der Waals surface area contributed by atoms with Crippen LogP contribution in [0.2, 0.25) is 0 Å². The molecule has 2 rings (SSSR count). The van der Waals surface area contributed by atoms with E-state index in [1.54, 1.807) is 7.11 Å². The van der Waals surface area contributed by atoms with E-state index in [1.807, 2.05) is 0 Å². The molecule has 0 aromatic heterocycles. The Balaban J connectivity index is 1.89. The Morgan fingerprint density at radius 3 is 3.00 bits per heavy atom. The molecule has 1 aromatic rings. The van der Waals surface area contributed by atoms with Crippen LogP contribution in [0.4, 0.5) is 0 Å². The zero-order valence-electron chi connectivity index (χ0n) is 11.5. The van der Waals surface area contributed by atoms with E-state index in [2.05, 4.69) is 35.8 Å². The molecule has 3 heteroatoms. The smallest absolute Gasteiger partial charge is 0.123 e. The summed E-state index contributed by atoms with van der Waals surface area (Å²) in [5.74, 6) is 1.77. The van der Waals surface area contributed by atoms with E-state index >= 15 is 0 Å². The van der Waals surface area contributed by atoms with Gasteiger partial charge in [-0.25, -0.2) is 0 Å². The van der Waals surface area contributed by atoms with Gasteiger partial charge in [0.15, 0.2) is 0 Å². The number of nitrogens with one attached hydrogen (secondary N) is 2. The Bertz CT molecular complexity index is 373. The fourth-order valence-corrected chi connectivity index (χ4v) is 2.49. The minimum Gasteiger partial charge on any atom is -0.496 e. The third-order valence-electron chi connectivity index (χ3n) is 3.66. The molecule has 1 heterocycles. The number of ether oxygens (including phenoxy) is 1. The fraction of sp³-hybridized carbons (Fsp3) is 0.600. The van der Waals surface area contributed by atoms with E-state index < -0.39 is 0 Å². The lowest BCUT2D eigenvalue weighted by molar-refractivity contribution is 0.406. The molecule has 0 saturated carbocycles. The van der Waals surface area contributed by atoms with Crippen LogP contribution in [0.25, 0.3) is 0 Å². The average molecular weight is 248 g/mol. The van der Waals surface area contributed by atoms with Crippen LogP contribution in [0, 0.1) is 5.92 Å². The topological polar surface area (TPSA) is 33.3 Å². The molecule has 3 nitrogen and oxygen atoms in total. The average Bonchev–Trinajstić information content (AvgIpc) is 2.92. The van der Waals surface area contributed by atoms with Gasteiger partial charge >= 0.3 is 0 Å². The molecule has 1 saturated heterocycles. The van der Waals surface area contributed by atoms with Crippen LogP contribution in [0.1, 0.15) is 24.5 Å². The molecule has 2 N–H and O–H groups in total. The predicted octanol–water partition coefficient (Wildman–Crippen LogP) is 1.96. The molecular formula is C15H24N2O. The summed E-state index contributed by atoms with van der Waals surface area (Å²) >= 11 is 0. The van der Waals surface area contributed by atoms with Crippen molar-refractivity contribution in [2.75, 3.05) is 26.7 Å². The number of benzene rings is 1. The van der Waals surface area contributed by atoms with E-state index in [-0.39, 0.29) is 0 Å². The van der Waals surface area contributed by atoms with Crippen LogP contribution in [0.3, 0.4) is 0 Å². The molecule has 1 aromatic carbocycles. The van der Waals surface area contributed by atoms with Crippen molar-refractivity contribution in [1.82, 2.24) is 10.6 Å². The fourth-order valence-electron chi connectivity index (χ4n) is 2.49. The summed E-state index contributed by atoms with van der Waals surface area (Å²) in [5, 5.41) is 6.95. The highest BCUT2D eigenvalue weighted by Gasteiger charge is 2.13. The van der Waals surface area contributed by atoms with E-state index in [0.717, 1.165) is 37.7 Å². The zero-order valence-corrected chi connectivity index (χ0v) is 11.5. The van der Waals surface area contributed by atoms with Crippen molar-refractivity contribution >= 4 is 0 Å². The quantitative estimate of drug-likeness (QED) is 0.807. The van der Waals surface area contributed by atoms with Crippen molar-refractivity contribution < 1.29 is 4.74 Å². The first-order valence-corrected chi connectivity index (χ1v) is 6.90.